The lowest BCUT2D eigenvalue weighted by Crippen LogP contribution is -2.47. The molecule has 96 valence electrons. The molecule has 2 N–H and O–H groups in total. The van der Waals surface area contributed by atoms with Crippen molar-refractivity contribution in [3.05, 3.63) is 21.9 Å². The van der Waals surface area contributed by atoms with Gasteiger partial charge in [0.25, 0.3) is 0 Å². The summed E-state index contributed by atoms with van der Waals surface area (Å²) in [6, 6.07) is 4.92. The summed E-state index contributed by atoms with van der Waals surface area (Å²) in [5.74, 6) is 0. The van der Waals surface area contributed by atoms with Gasteiger partial charge in [0.1, 0.15) is 0 Å². The predicted molar refractivity (Wildman–Crippen MR) is 72.1 cm³/mol. The zero-order valence-electron chi connectivity index (χ0n) is 10.7. The summed E-state index contributed by atoms with van der Waals surface area (Å²) >= 11 is 1.83. The van der Waals surface area contributed by atoms with Crippen LogP contribution in [-0.4, -0.2) is 30.2 Å². The number of nitrogens with two attached hydrogens (primary N) is 1. The monoisotopic (exact) mass is 254 g/mol. The van der Waals surface area contributed by atoms with Crippen molar-refractivity contribution in [1.29, 1.82) is 0 Å². The average Bonchev–Trinajstić information content (AvgIpc) is 2.77. The highest BCUT2D eigenvalue weighted by Crippen LogP contribution is 2.22. The minimum absolute atomic E-state index is 0.353. The van der Waals surface area contributed by atoms with Crippen molar-refractivity contribution >= 4 is 11.3 Å². The molecule has 2 heterocycles. The molecule has 2 unspecified atom stereocenters. The summed E-state index contributed by atoms with van der Waals surface area (Å²) in [4.78, 5) is 5.23. The molecule has 0 aliphatic carbocycles. The molecule has 2 rings (SSSR count). The molecule has 0 aromatic carbocycles. The molecule has 0 saturated carbocycles. The molecule has 3 nitrogen and oxygen atoms in total. The minimum Gasteiger partial charge on any atom is -0.376 e. The van der Waals surface area contributed by atoms with Crippen LogP contribution in [-0.2, 0) is 17.8 Å². The van der Waals surface area contributed by atoms with E-state index in [0.717, 1.165) is 26.1 Å². The van der Waals surface area contributed by atoms with Crippen molar-refractivity contribution < 1.29 is 4.74 Å². The molecule has 0 bridgehead atoms. The first-order valence-corrected chi connectivity index (χ1v) is 7.18. The summed E-state index contributed by atoms with van der Waals surface area (Å²) in [5.41, 5.74) is 5.65. The Hall–Kier alpha value is -0.420. The third kappa shape index (κ3) is 3.28. The molecule has 1 saturated heterocycles. The molecule has 2 atom stereocenters. The van der Waals surface area contributed by atoms with Gasteiger partial charge in [-0.3, -0.25) is 4.90 Å². The van der Waals surface area contributed by atoms with E-state index < -0.39 is 0 Å². The van der Waals surface area contributed by atoms with Gasteiger partial charge in [0.05, 0.1) is 12.7 Å². The third-order valence-electron chi connectivity index (χ3n) is 3.33. The molecule has 1 aliphatic heterocycles. The van der Waals surface area contributed by atoms with Crippen molar-refractivity contribution in [2.75, 3.05) is 13.2 Å². The number of hydrogen-bond donors (Lipinski definition) is 1. The molecule has 4 heteroatoms. The predicted octanol–water partition coefficient (Wildman–Crippen LogP) is 2.21. The zero-order valence-corrected chi connectivity index (χ0v) is 11.5. The van der Waals surface area contributed by atoms with Crippen LogP contribution in [0.5, 0.6) is 0 Å². The highest BCUT2D eigenvalue weighted by molar-refractivity contribution is 7.11. The van der Waals surface area contributed by atoms with Gasteiger partial charge < -0.3 is 10.5 Å². The largest absolute Gasteiger partial charge is 0.376 e. The third-order valence-corrected chi connectivity index (χ3v) is 4.42. The van der Waals surface area contributed by atoms with Gasteiger partial charge in [-0.15, -0.1) is 11.3 Å². The lowest BCUT2D eigenvalue weighted by molar-refractivity contribution is -0.0588. The Morgan fingerprint density at radius 3 is 2.88 bits per heavy atom. The Labute approximate surface area is 108 Å². The number of nitrogens with zero attached hydrogens (tertiary/aromatic N) is 1. The fourth-order valence-corrected chi connectivity index (χ4v) is 3.22. The van der Waals surface area contributed by atoms with Crippen molar-refractivity contribution in [3.63, 3.8) is 0 Å². The topological polar surface area (TPSA) is 38.5 Å². The molecule has 0 amide bonds. The minimum atomic E-state index is 0.353. The second-order valence-corrected chi connectivity index (χ2v) is 5.96. The second kappa shape index (κ2) is 5.96. The van der Waals surface area contributed by atoms with Crippen LogP contribution >= 0.6 is 11.3 Å². The lowest BCUT2D eigenvalue weighted by atomic mass is 10.1. The van der Waals surface area contributed by atoms with Crippen LogP contribution in [0.2, 0.25) is 0 Å². The molecule has 1 aliphatic rings. The van der Waals surface area contributed by atoms with E-state index in [2.05, 4.69) is 30.9 Å². The maximum absolute atomic E-state index is 5.72. The van der Waals surface area contributed by atoms with Gasteiger partial charge in [-0.1, -0.05) is 6.92 Å². The van der Waals surface area contributed by atoms with Crippen molar-refractivity contribution in [2.24, 2.45) is 5.73 Å². The van der Waals surface area contributed by atoms with Gasteiger partial charge in [-0.05, 0) is 25.5 Å². The van der Waals surface area contributed by atoms with Crippen molar-refractivity contribution in [2.45, 2.75) is 45.5 Å². The smallest absolute Gasteiger partial charge is 0.0674 e. The van der Waals surface area contributed by atoms with Crippen LogP contribution in [0.1, 0.15) is 30.0 Å². The van der Waals surface area contributed by atoms with E-state index in [9.17, 15) is 0 Å². The van der Waals surface area contributed by atoms with Crippen LogP contribution in [0.3, 0.4) is 0 Å². The normalized spacial score (nSPS) is 26.3. The summed E-state index contributed by atoms with van der Waals surface area (Å²) in [7, 11) is 0. The number of thiophene rings is 1. The highest BCUT2D eigenvalue weighted by Gasteiger charge is 2.25. The number of morpholine rings is 1. The van der Waals surface area contributed by atoms with E-state index in [0.29, 0.717) is 18.7 Å². The van der Waals surface area contributed by atoms with Crippen molar-refractivity contribution in [1.82, 2.24) is 4.90 Å². The average molecular weight is 254 g/mol. The number of hydrogen-bond acceptors (Lipinski definition) is 4. The molecule has 0 radical (unpaired) electrons. The molecule has 1 fully saturated rings. The number of ether oxygens (including phenoxy) is 1. The Morgan fingerprint density at radius 2 is 2.24 bits per heavy atom. The molecular formula is C13H22N2OS. The SMILES string of the molecule is CCC1COC(C)CN1Cc1ccc(CN)s1. The van der Waals surface area contributed by atoms with E-state index in [-0.39, 0.29) is 0 Å². The summed E-state index contributed by atoms with van der Waals surface area (Å²) in [6.45, 7) is 7.98. The highest BCUT2D eigenvalue weighted by atomic mass is 32.1. The maximum atomic E-state index is 5.72. The number of rotatable bonds is 4. The van der Waals surface area contributed by atoms with Gasteiger partial charge in [-0.25, -0.2) is 0 Å². The standard InChI is InChI=1S/C13H22N2OS/c1-3-11-9-16-10(2)7-15(11)8-13-5-4-12(6-14)17-13/h4-5,10-11H,3,6-9,14H2,1-2H3. The van der Waals surface area contributed by atoms with Crippen LogP contribution in [0, 0.1) is 0 Å². The zero-order chi connectivity index (χ0) is 12.3. The Kier molecular flexibility index (Phi) is 4.56. The van der Waals surface area contributed by atoms with Gasteiger partial charge >= 0.3 is 0 Å². The molecule has 17 heavy (non-hydrogen) atoms. The van der Waals surface area contributed by atoms with Gasteiger partial charge in [-0.2, -0.15) is 0 Å². The van der Waals surface area contributed by atoms with Crippen LogP contribution < -0.4 is 5.73 Å². The van der Waals surface area contributed by atoms with Gasteiger partial charge in [0.15, 0.2) is 0 Å². The van der Waals surface area contributed by atoms with Crippen LogP contribution in [0.25, 0.3) is 0 Å². The molecule has 1 aromatic rings. The molecule has 1 aromatic heterocycles. The molecular weight excluding hydrogens is 232 g/mol. The Morgan fingerprint density at radius 1 is 1.47 bits per heavy atom. The van der Waals surface area contributed by atoms with E-state index in [1.165, 1.54) is 9.75 Å². The van der Waals surface area contributed by atoms with E-state index >= 15 is 0 Å². The lowest BCUT2D eigenvalue weighted by Gasteiger charge is -2.38. The van der Waals surface area contributed by atoms with Crippen molar-refractivity contribution in [3.8, 4) is 0 Å². The quantitative estimate of drug-likeness (QED) is 0.895. The summed E-state index contributed by atoms with van der Waals surface area (Å²) in [5, 5.41) is 0. The Bertz CT molecular complexity index is 353. The van der Waals surface area contributed by atoms with E-state index in [1.807, 2.05) is 11.3 Å². The fourth-order valence-electron chi connectivity index (χ4n) is 2.30. The second-order valence-electron chi connectivity index (χ2n) is 4.71. The Balaban J connectivity index is 1.99. The molecule has 0 spiro atoms. The maximum Gasteiger partial charge on any atom is 0.0674 e. The first-order chi connectivity index (χ1) is 8.22. The van der Waals surface area contributed by atoms with Gasteiger partial charge in [0.2, 0.25) is 0 Å². The summed E-state index contributed by atoms with van der Waals surface area (Å²) < 4.78 is 5.72. The summed E-state index contributed by atoms with van der Waals surface area (Å²) in [6.07, 6.45) is 1.51. The van der Waals surface area contributed by atoms with E-state index in [4.69, 9.17) is 10.5 Å². The van der Waals surface area contributed by atoms with Crippen LogP contribution in [0.4, 0.5) is 0 Å². The first-order valence-electron chi connectivity index (χ1n) is 6.36. The van der Waals surface area contributed by atoms with E-state index in [1.54, 1.807) is 0 Å². The van der Waals surface area contributed by atoms with Gasteiger partial charge in [0, 0.05) is 35.4 Å². The first kappa shape index (κ1) is 13.0. The fraction of sp³-hybridized carbons (Fsp3) is 0.692. The van der Waals surface area contributed by atoms with Crippen LogP contribution in [0.15, 0.2) is 12.1 Å².